The van der Waals surface area contributed by atoms with Crippen LogP contribution in [0.15, 0.2) is 12.1 Å². The molecule has 0 heterocycles. The first-order chi connectivity index (χ1) is 6.43. The zero-order valence-electron chi connectivity index (χ0n) is 7.08. The highest BCUT2D eigenvalue weighted by atomic mass is 35.5. The Bertz CT molecular complexity index is 419. The third-order valence-corrected chi connectivity index (χ3v) is 1.88. The van der Waals surface area contributed by atoms with Gasteiger partial charge in [0.15, 0.2) is 5.78 Å². The number of nitro benzene ring substituents is 1. The van der Waals surface area contributed by atoms with Gasteiger partial charge in [-0.2, -0.15) is 0 Å². The van der Waals surface area contributed by atoms with E-state index in [2.05, 4.69) is 0 Å². The van der Waals surface area contributed by atoms with Gasteiger partial charge in [-0.3, -0.25) is 14.9 Å². The molecule has 0 N–H and O–H groups in total. The molecule has 0 bridgehead atoms. The molecule has 1 aromatic rings. The molecule has 1 aromatic carbocycles. The smallest absolute Gasteiger partial charge is 0.284 e. The number of carbonyl (C=O) groups is 1. The minimum absolute atomic E-state index is 0.246. The second-order valence-corrected chi connectivity index (χ2v) is 3.00. The lowest BCUT2D eigenvalue weighted by atomic mass is 10.1. The van der Waals surface area contributed by atoms with Gasteiger partial charge in [0, 0.05) is 0 Å². The molecule has 6 heteroatoms. The van der Waals surface area contributed by atoms with Crippen LogP contribution in [0.1, 0.15) is 17.3 Å². The summed E-state index contributed by atoms with van der Waals surface area (Å²) < 4.78 is 12.7. The second kappa shape index (κ2) is 3.71. The van der Waals surface area contributed by atoms with Gasteiger partial charge in [-0.15, -0.1) is 0 Å². The highest BCUT2D eigenvalue weighted by Gasteiger charge is 2.22. The van der Waals surface area contributed by atoms with Crippen molar-refractivity contribution in [2.24, 2.45) is 0 Å². The molecule has 0 radical (unpaired) electrons. The minimum Gasteiger partial charge on any atom is -0.294 e. The van der Waals surface area contributed by atoms with Gasteiger partial charge >= 0.3 is 0 Å². The zero-order chi connectivity index (χ0) is 10.9. The molecular formula is C8H5ClFNO3. The van der Waals surface area contributed by atoms with Crippen molar-refractivity contribution in [3.8, 4) is 0 Å². The van der Waals surface area contributed by atoms with E-state index in [1.165, 1.54) is 0 Å². The molecular weight excluding hydrogens is 213 g/mol. The molecule has 0 aliphatic carbocycles. The van der Waals surface area contributed by atoms with Crippen molar-refractivity contribution in [1.29, 1.82) is 0 Å². The maximum Gasteiger partial charge on any atom is 0.284 e. The highest BCUT2D eigenvalue weighted by molar-refractivity contribution is 6.34. The summed E-state index contributed by atoms with van der Waals surface area (Å²) in [6.07, 6.45) is 0. The molecule has 4 nitrogen and oxygen atoms in total. The molecule has 0 amide bonds. The Morgan fingerprint density at radius 1 is 1.57 bits per heavy atom. The fraction of sp³-hybridized carbons (Fsp3) is 0.125. The largest absolute Gasteiger partial charge is 0.294 e. The van der Waals surface area contributed by atoms with E-state index in [9.17, 15) is 19.3 Å². The van der Waals surface area contributed by atoms with Crippen molar-refractivity contribution in [2.75, 3.05) is 0 Å². The lowest BCUT2D eigenvalue weighted by Crippen LogP contribution is -2.02. The summed E-state index contributed by atoms with van der Waals surface area (Å²) in [6.45, 7) is 1.13. The number of nitrogens with zero attached hydrogens (tertiary/aromatic N) is 1. The van der Waals surface area contributed by atoms with E-state index in [1.54, 1.807) is 0 Å². The first-order valence-corrected chi connectivity index (χ1v) is 3.95. The van der Waals surface area contributed by atoms with Crippen LogP contribution >= 0.6 is 11.6 Å². The molecule has 0 atom stereocenters. The van der Waals surface area contributed by atoms with E-state index in [1.807, 2.05) is 0 Å². The van der Waals surface area contributed by atoms with E-state index < -0.39 is 22.2 Å². The zero-order valence-corrected chi connectivity index (χ0v) is 7.84. The molecule has 1 rings (SSSR count). The lowest BCUT2D eigenvalue weighted by Gasteiger charge is -2.01. The maximum atomic E-state index is 12.7. The average Bonchev–Trinajstić information content (AvgIpc) is 2.01. The highest BCUT2D eigenvalue weighted by Crippen LogP contribution is 2.28. The van der Waals surface area contributed by atoms with Crippen molar-refractivity contribution in [3.05, 3.63) is 38.7 Å². The van der Waals surface area contributed by atoms with Gasteiger partial charge in [-0.05, 0) is 13.0 Å². The van der Waals surface area contributed by atoms with Crippen LogP contribution in [-0.2, 0) is 0 Å². The molecule has 0 saturated heterocycles. The van der Waals surface area contributed by atoms with Gasteiger partial charge < -0.3 is 0 Å². The minimum atomic E-state index is -0.842. The van der Waals surface area contributed by atoms with Gasteiger partial charge in [0.1, 0.15) is 11.4 Å². The monoisotopic (exact) mass is 217 g/mol. The number of benzene rings is 1. The standard InChI is InChI=1S/C8H5ClFNO3/c1-4(12)8-6(9)2-5(10)3-7(8)11(13)14/h2-3H,1H3. The molecule has 0 aliphatic heterocycles. The molecule has 14 heavy (non-hydrogen) atoms. The van der Waals surface area contributed by atoms with Crippen LogP contribution in [0.5, 0.6) is 0 Å². The Labute approximate surface area is 83.4 Å². The van der Waals surface area contributed by atoms with Crippen molar-refractivity contribution < 1.29 is 14.1 Å². The summed E-state index contributed by atoms with van der Waals surface area (Å²) in [7, 11) is 0. The predicted octanol–water partition coefficient (Wildman–Crippen LogP) is 2.59. The Kier molecular flexibility index (Phi) is 2.81. The summed E-state index contributed by atoms with van der Waals surface area (Å²) in [5, 5.41) is 10.2. The molecule has 0 saturated carbocycles. The van der Waals surface area contributed by atoms with E-state index in [0.29, 0.717) is 6.07 Å². The van der Waals surface area contributed by atoms with Gasteiger partial charge in [0.25, 0.3) is 5.69 Å². The Balaban J connectivity index is 3.52. The van der Waals surface area contributed by atoms with E-state index in [-0.39, 0.29) is 10.6 Å². The molecule has 0 unspecified atom stereocenters. The fourth-order valence-corrected chi connectivity index (χ4v) is 1.39. The third-order valence-electron chi connectivity index (χ3n) is 1.58. The van der Waals surface area contributed by atoms with Crippen LogP contribution < -0.4 is 0 Å². The van der Waals surface area contributed by atoms with Crippen LogP contribution in [0.2, 0.25) is 5.02 Å². The van der Waals surface area contributed by atoms with Crippen molar-refractivity contribution in [3.63, 3.8) is 0 Å². The van der Waals surface area contributed by atoms with E-state index in [4.69, 9.17) is 11.6 Å². The van der Waals surface area contributed by atoms with Gasteiger partial charge in [0.05, 0.1) is 16.0 Å². The van der Waals surface area contributed by atoms with Gasteiger partial charge in [-0.25, -0.2) is 4.39 Å². The number of hydrogen-bond acceptors (Lipinski definition) is 3. The number of hydrogen-bond donors (Lipinski definition) is 0. The lowest BCUT2D eigenvalue weighted by molar-refractivity contribution is -0.385. The number of halogens is 2. The van der Waals surface area contributed by atoms with E-state index >= 15 is 0 Å². The van der Waals surface area contributed by atoms with Crippen molar-refractivity contribution in [1.82, 2.24) is 0 Å². The van der Waals surface area contributed by atoms with Gasteiger partial charge in [-0.1, -0.05) is 11.6 Å². The van der Waals surface area contributed by atoms with Crippen LogP contribution in [-0.4, -0.2) is 10.7 Å². The summed E-state index contributed by atoms with van der Waals surface area (Å²) in [5.74, 6) is -1.41. The molecule has 0 aromatic heterocycles. The number of Topliss-reactive ketones (excluding diaryl/α,β-unsaturated/α-hetero) is 1. The predicted molar refractivity (Wildman–Crippen MR) is 48.1 cm³/mol. The number of nitro groups is 1. The summed E-state index contributed by atoms with van der Waals surface area (Å²) in [5.41, 5.74) is -0.874. The Hall–Kier alpha value is -1.49. The topological polar surface area (TPSA) is 60.2 Å². The fourth-order valence-electron chi connectivity index (χ4n) is 1.05. The van der Waals surface area contributed by atoms with E-state index in [0.717, 1.165) is 13.0 Å². The molecule has 0 spiro atoms. The first-order valence-electron chi connectivity index (χ1n) is 3.58. The number of ketones is 1. The first kappa shape index (κ1) is 10.6. The van der Waals surface area contributed by atoms with Crippen LogP contribution in [0.3, 0.4) is 0 Å². The number of rotatable bonds is 2. The third kappa shape index (κ3) is 1.88. The summed E-state index contributed by atoms with van der Waals surface area (Å²) in [6, 6.07) is 1.54. The number of carbonyl (C=O) groups excluding carboxylic acids is 1. The normalized spacial score (nSPS) is 9.93. The molecule has 74 valence electrons. The van der Waals surface area contributed by atoms with Crippen LogP contribution in [0.25, 0.3) is 0 Å². The Morgan fingerprint density at radius 3 is 2.57 bits per heavy atom. The molecule has 0 aliphatic rings. The quantitative estimate of drug-likeness (QED) is 0.435. The average molecular weight is 218 g/mol. The van der Waals surface area contributed by atoms with Gasteiger partial charge in [0.2, 0.25) is 0 Å². The van der Waals surface area contributed by atoms with Crippen molar-refractivity contribution in [2.45, 2.75) is 6.92 Å². The maximum absolute atomic E-state index is 12.7. The van der Waals surface area contributed by atoms with Crippen LogP contribution in [0, 0.1) is 15.9 Å². The SMILES string of the molecule is CC(=O)c1c(Cl)cc(F)cc1[N+](=O)[O-]. The second-order valence-electron chi connectivity index (χ2n) is 2.60. The Morgan fingerprint density at radius 2 is 2.14 bits per heavy atom. The van der Waals surface area contributed by atoms with Crippen molar-refractivity contribution >= 4 is 23.1 Å². The molecule has 0 fully saturated rings. The van der Waals surface area contributed by atoms with Crippen LogP contribution in [0.4, 0.5) is 10.1 Å². The summed E-state index contributed by atoms with van der Waals surface area (Å²) in [4.78, 5) is 20.6. The summed E-state index contributed by atoms with van der Waals surface area (Å²) >= 11 is 5.51.